The highest BCUT2D eigenvalue weighted by Gasteiger charge is 2.33. The molecular formula is C19H17ClFN3O5S. The minimum atomic E-state index is -3.95. The van der Waals surface area contributed by atoms with Gasteiger partial charge in [0.15, 0.2) is 6.61 Å². The Morgan fingerprint density at radius 3 is 2.57 bits per heavy atom. The number of amides is 2. The molecule has 1 saturated heterocycles. The van der Waals surface area contributed by atoms with E-state index >= 15 is 0 Å². The largest absolute Gasteiger partial charge is 0.482 e. The van der Waals surface area contributed by atoms with E-state index in [2.05, 4.69) is 5.32 Å². The van der Waals surface area contributed by atoms with E-state index in [0.717, 1.165) is 6.07 Å². The number of hydrogen-bond acceptors (Lipinski definition) is 5. The smallest absolute Gasteiger partial charge is 0.262 e. The number of fused-ring (bicyclic) bond motifs is 1. The van der Waals surface area contributed by atoms with E-state index in [-0.39, 0.29) is 65.8 Å². The van der Waals surface area contributed by atoms with Crippen molar-refractivity contribution in [2.45, 2.75) is 4.90 Å². The van der Waals surface area contributed by atoms with Gasteiger partial charge in [-0.05, 0) is 24.3 Å². The number of hydrogen-bond donors (Lipinski definition) is 1. The number of halogens is 2. The standard InChI is InChI=1S/C19H17ClFN3O5S/c20-14-9-15-16(29-11-18(25)22-15)10-17(14)30(27,28)24-6-4-23(5-7-24)19(26)12-2-1-3-13(21)8-12/h1-3,8-10H,4-7,11H2,(H,22,25). The van der Waals surface area contributed by atoms with Crippen molar-refractivity contribution in [3.63, 3.8) is 0 Å². The van der Waals surface area contributed by atoms with Crippen LogP contribution in [0.5, 0.6) is 5.75 Å². The Morgan fingerprint density at radius 2 is 1.87 bits per heavy atom. The first kappa shape index (κ1) is 20.6. The maximum atomic E-state index is 13.4. The van der Waals surface area contributed by atoms with Gasteiger partial charge in [0.1, 0.15) is 16.5 Å². The molecule has 11 heteroatoms. The van der Waals surface area contributed by atoms with Crippen LogP contribution in [-0.2, 0) is 14.8 Å². The van der Waals surface area contributed by atoms with Gasteiger partial charge in [0, 0.05) is 37.8 Å². The molecule has 2 aliphatic heterocycles. The maximum absolute atomic E-state index is 13.4. The number of sulfonamides is 1. The average Bonchev–Trinajstić information content (AvgIpc) is 2.72. The maximum Gasteiger partial charge on any atom is 0.262 e. The molecule has 1 N–H and O–H groups in total. The van der Waals surface area contributed by atoms with Gasteiger partial charge in [-0.3, -0.25) is 9.59 Å². The summed E-state index contributed by atoms with van der Waals surface area (Å²) in [6.45, 7) is 0.227. The molecule has 1 fully saturated rings. The van der Waals surface area contributed by atoms with E-state index in [1.807, 2.05) is 0 Å². The number of piperazine rings is 1. The Kier molecular flexibility index (Phi) is 5.39. The van der Waals surface area contributed by atoms with Crippen LogP contribution in [0.2, 0.25) is 5.02 Å². The molecule has 2 aliphatic rings. The van der Waals surface area contributed by atoms with E-state index in [9.17, 15) is 22.4 Å². The van der Waals surface area contributed by atoms with Gasteiger partial charge in [-0.1, -0.05) is 17.7 Å². The third-order valence-corrected chi connectivity index (χ3v) is 7.25. The number of ether oxygens (including phenoxy) is 1. The number of rotatable bonds is 3. The molecule has 0 spiro atoms. The number of nitrogens with zero attached hydrogens (tertiary/aromatic N) is 2. The van der Waals surface area contributed by atoms with E-state index in [4.69, 9.17) is 16.3 Å². The third-order valence-electron chi connectivity index (χ3n) is 4.88. The molecule has 0 saturated carbocycles. The highest BCUT2D eigenvalue weighted by molar-refractivity contribution is 7.89. The number of nitrogens with one attached hydrogen (secondary N) is 1. The molecule has 0 unspecified atom stereocenters. The average molecular weight is 454 g/mol. The van der Waals surface area contributed by atoms with Crippen molar-refractivity contribution < 1.29 is 27.1 Å². The van der Waals surface area contributed by atoms with Crippen LogP contribution in [0, 0.1) is 5.82 Å². The molecule has 0 radical (unpaired) electrons. The predicted molar refractivity (Wildman–Crippen MR) is 107 cm³/mol. The quantitative estimate of drug-likeness (QED) is 0.766. The van der Waals surface area contributed by atoms with Gasteiger partial charge in [0.2, 0.25) is 10.0 Å². The molecule has 0 atom stereocenters. The van der Waals surface area contributed by atoms with Gasteiger partial charge in [-0.25, -0.2) is 12.8 Å². The van der Waals surface area contributed by atoms with Crippen molar-refractivity contribution in [2.24, 2.45) is 0 Å². The van der Waals surface area contributed by atoms with Crippen LogP contribution in [0.4, 0.5) is 10.1 Å². The Labute approximate surface area is 177 Å². The Hall–Kier alpha value is -2.69. The Bertz CT molecular complexity index is 1130. The third kappa shape index (κ3) is 3.85. The summed E-state index contributed by atoms with van der Waals surface area (Å²) in [4.78, 5) is 25.3. The second-order valence-corrected chi connectivity index (χ2v) is 9.14. The van der Waals surface area contributed by atoms with Crippen LogP contribution in [0.25, 0.3) is 0 Å². The lowest BCUT2D eigenvalue weighted by atomic mass is 10.2. The summed E-state index contributed by atoms with van der Waals surface area (Å²) >= 11 is 6.17. The summed E-state index contributed by atoms with van der Waals surface area (Å²) in [5.41, 5.74) is 0.518. The second-order valence-electron chi connectivity index (χ2n) is 6.82. The summed E-state index contributed by atoms with van der Waals surface area (Å²) in [5, 5.41) is 2.53. The first-order valence-electron chi connectivity index (χ1n) is 9.07. The van der Waals surface area contributed by atoms with E-state index < -0.39 is 15.8 Å². The minimum absolute atomic E-state index is 0.0437. The summed E-state index contributed by atoms with van der Waals surface area (Å²) in [7, 11) is -3.95. The van der Waals surface area contributed by atoms with Crippen LogP contribution in [0.15, 0.2) is 41.3 Å². The zero-order valence-corrected chi connectivity index (χ0v) is 17.2. The fourth-order valence-corrected chi connectivity index (χ4v) is 5.29. The van der Waals surface area contributed by atoms with Gasteiger partial charge < -0.3 is 15.0 Å². The fourth-order valence-electron chi connectivity index (χ4n) is 3.35. The van der Waals surface area contributed by atoms with Gasteiger partial charge in [-0.2, -0.15) is 4.31 Å². The highest BCUT2D eigenvalue weighted by atomic mass is 35.5. The number of carbonyl (C=O) groups is 2. The summed E-state index contributed by atoms with van der Waals surface area (Å²) < 4.78 is 46.1. The number of carbonyl (C=O) groups excluding carboxylic acids is 2. The molecule has 2 amide bonds. The molecule has 8 nitrogen and oxygen atoms in total. The van der Waals surface area contributed by atoms with Crippen LogP contribution in [-0.4, -0.2) is 62.2 Å². The van der Waals surface area contributed by atoms with Crippen molar-refractivity contribution in [1.82, 2.24) is 9.21 Å². The zero-order chi connectivity index (χ0) is 21.5. The van der Waals surface area contributed by atoms with E-state index in [0.29, 0.717) is 5.69 Å². The molecule has 0 aromatic heterocycles. The van der Waals surface area contributed by atoms with Crippen molar-refractivity contribution in [3.8, 4) is 5.75 Å². The van der Waals surface area contributed by atoms with Gasteiger partial charge in [-0.15, -0.1) is 0 Å². The predicted octanol–water partition coefficient (Wildman–Crippen LogP) is 1.96. The second kappa shape index (κ2) is 7.86. The molecule has 0 bridgehead atoms. The van der Waals surface area contributed by atoms with E-state index in [1.165, 1.54) is 39.5 Å². The topological polar surface area (TPSA) is 96.0 Å². The number of benzene rings is 2. The molecule has 2 heterocycles. The summed E-state index contributed by atoms with van der Waals surface area (Å²) in [6.07, 6.45) is 0. The molecule has 30 heavy (non-hydrogen) atoms. The minimum Gasteiger partial charge on any atom is -0.482 e. The first-order chi connectivity index (χ1) is 14.3. The lowest BCUT2D eigenvalue weighted by Gasteiger charge is -2.34. The van der Waals surface area contributed by atoms with Crippen molar-refractivity contribution in [1.29, 1.82) is 0 Å². The van der Waals surface area contributed by atoms with Gasteiger partial charge in [0.05, 0.1) is 10.7 Å². The lowest BCUT2D eigenvalue weighted by molar-refractivity contribution is -0.118. The van der Waals surface area contributed by atoms with E-state index in [1.54, 1.807) is 0 Å². The van der Waals surface area contributed by atoms with Gasteiger partial charge >= 0.3 is 0 Å². The Morgan fingerprint density at radius 1 is 1.13 bits per heavy atom. The first-order valence-corrected chi connectivity index (χ1v) is 10.9. The number of anilines is 1. The van der Waals surface area contributed by atoms with Crippen molar-refractivity contribution in [3.05, 3.63) is 52.8 Å². The van der Waals surface area contributed by atoms with Crippen LogP contribution in [0.1, 0.15) is 10.4 Å². The SMILES string of the molecule is O=C1COc2cc(S(=O)(=O)N3CCN(C(=O)c4cccc(F)c4)CC3)c(Cl)cc2N1. The van der Waals surface area contributed by atoms with Crippen LogP contribution >= 0.6 is 11.6 Å². The van der Waals surface area contributed by atoms with Crippen LogP contribution in [0.3, 0.4) is 0 Å². The molecule has 4 rings (SSSR count). The lowest BCUT2D eigenvalue weighted by Crippen LogP contribution is -2.50. The monoisotopic (exact) mass is 453 g/mol. The van der Waals surface area contributed by atoms with Gasteiger partial charge in [0.25, 0.3) is 11.8 Å². The summed E-state index contributed by atoms with van der Waals surface area (Å²) in [6, 6.07) is 7.99. The molecule has 2 aromatic rings. The summed E-state index contributed by atoms with van der Waals surface area (Å²) in [5.74, 6) is -1.00. The molecule has 158 valence electrons. The highest BCUT2D eigenvalue weighted by Crippen LogP contribution is 2.37. The Balaban J connectivity index is 1.50. The molecule has 0 aliphatic carbocycles. The molecular weight excluding hydrogens is 437 g/mol. The zero-order valence-electron chi connectivity index (χ0n) is 15.6. The fraction of sp³-hybridized carbons (Fsp3) is 0.263. The normalized spacial score (nSPS) is 17.1. The van der Waals surface area contributed by atoms with Crippen LogP contribution < -0.4 is 10.1 Å². The molecule has 2 aromatic carbocycles. The van der Waals surface area contributed by atoms with Crippen molar-refractivity contribution in [2.75, 3.05) is 38.1 Å². The van der Waals surface area contributed by atoms with Crippen molar-refractivity contribution >= 4 is 39.1 Å².